The predicted molar refractivity (Wildman–Crippen MR) is 88.3 cm³/mol. The Morgan fingerprint density at radius 2 is 1.83 bits per heavy atom. The fraction of sp³-hybridized carbons (Fsp3) is 0.200. The molecule has 1 aromatic carbocycles. The maximum Gasteiger partial charge on any atom is 0.337 e. The molecule has 0 aliphatic carbocycles. The lowest BCUT2D eigenvalue weighted by Crippen LogP contribution is -2.02. The van der Waals surface area contributed by atoms with E-state index in [1.807, 2.05) is 13.8 Å². The molecule has 0 saturated heterocycles. The fourth-order valence-corrected chi connectivity index (χ4v) is 1.76. The molecule has 0 fully saturated rings. The minimum atomic E-state index is -0.561. The quantitative estimate of drug-likeness (QED) is 0.389. The zero-order valence-electron chi connectivity index (χ0n) is 12.9. The third kappa shape index (κ3) is 4.93. The average molecular weight is 338 g/mol. The van der Waals surface area contributed by atoms with Crippen LogP contribution in [0.3, 0.4) is 0 Å². The van der Waals surface area contributed by atoms with Gasteiger partial charge in [-0.3, -0.25) is 10.1 Å². The summed E-state index contributed by atoms with van der Waals surface area (Å²) in [5, 5.41) is 13.8. The van der Waals surface area contributed by atoms with Crippen LogP contribution in [0.25, 0.3) is 0 Å². The maximum absolute atomic E-state index is 11.3. The molecule has 1 heterocycles. The second kappa shape index (κ2) is 8.70. The molecule has 0 atom stereocenters. The number of carbonyl (C=O) groups is 1. The van der Waals surface area contributed by atoms with Gasteiger partial charge in [0.2, 0.25) is 5.82 Å². The number of ether oxygens (including phenoxy) is 1. The van der Waals surface area contributed by atoms with Crippen LogP contribution in [-0.2, 0) is 4.74 Å². The van der Waals surface area contributed by atoms with E-state index >= 15 is 0 Å². The van der Waals surface area contributed by atoms with E-state index in [9.17, 15) is 14.9 Å². The van der Waals surface area contributed by atoms with E-state index in [0.717, 1.165) is 0 Å². The number of nitrogens with one attached hydrogen (secondary N) is 1. The summed E-state index contributed by atoms with van der Waals surface area (Å²) < 4.78 is 4.58. The summed E-state index contributed by atoms with van der Waals surface area (Å²) in [7, 11) is 1.29. The van der Waals surface area contributed by atoms with Gasteiger partial charge in [0.15, 0.2) is 0 Å². The van der Waals surface area contributed by atoms with Crippen LogP contribution in [0.5, 0.6) is 0 Å². The van der Waals surface area contributed by atoms with Crippen molar-refractivity contribution in [3.05, 3.63) is 57.2 Å². The molecule has 122 valence electrons. The van der Waals surface area contributed by atoms with Gasteiger partial charge in [-0.1, -0.05) is 25.4 Å². The van der Waals surface area contributed by atoms with Gasteiger partial charge in [0.25, 0.3) is 0 Å². The number of esters is 1. The van der Waals surface area contributed by atoms with Gasteiger partial charge in [-0.2, -0.15) is 0 Å². The normalized spacial score (nSPS) is 9.39. The van der Waals surface area contributed by atoms with Gasteiger partial charge in [0.05, 0.1) is 17.6 Å². The number of carbonyl (C=O) groups excluding carboxylic acids is 1. The van der Waals surface area contributed by atoms with Gasteiger partial charge in [0.1, 0.15) is 5.15 Å². The highest BCUT2D eigenvalue weighted by atomic mass is 35.5. The lowest BCUT2D eigenvalue weighted by molar-refractivity contribution is -0.384. The van der Waals surface area contributed by atoms with Gasteiger partial charge in [-0.25, -0.2) is 9.78 Å². The fourth-order valence-electron chi connectivity index (χ4n) is 1.61. The van der Waals surface area contributed by atoms with E-state index in [-0.39, 0.29) is 16.7 Å². The molecule has 0 unspecified atom stereocenters. The van der Waals surface area contributed by atoms with Crippen molar-refractivity contribution in [2.24, 2.45) is 0 Å². The molecule has 0 bridgehead atoms. The van der Waals surface area contributed by atoms with E-state index in [0.29, 0.717) is 11.3 Å². The molecule has 2 aromatic rings. The maximum atomic E-state index is 11.3. The van der Waals surface area contributed by atoms with Crippen molar-refractivity contribution in [2.45, 2.75) is 13.8 Å². The van der Waals surface area contributed by atoms with Crippen LogP contribution < -0.4 is 5.32 Å². The smallest absolute Gasteiger partial charge is 0.337 e. The summed E-state index contributed by atoms with van der Waals surface area (Å²) in [4.78, 5) is 25.6. The summed E-state index contributed by atoms with van der Waals surface area (Å²) in [5.74, 6) is -0.438. The first-order valence-electron chi connectivity index (χ1n) is 6.77. The lowest BCUT2D eigenvalue weighted by Gasteiger charge is -2.07. The average Bonchev–Trinajstić information content (AvgIpc) is 2.56. The molecule has 7 nitrogen and oxygen atoms in total. The molecular formula is C15H16ClN3O4. The van der Waals surface area contributed by atoms with Gasteiger partial charge in [-0.15, -0.1) is 0 Å². The Hall–Kier alpha value is -2.67. The summed E-state index contributed by atoms with van der Waals surface area (Å²) in [5.41, 5.74) is 0.702. The Labute approximate surface area is 138 Å². The molecule has 2 rings (SSSR count). The molecule has 0 radical (unpaired) electrons. The number of anilines is 2. The highest BCUT2D eigenvalue weighted by molar-refractivity contribution is 6.29. The first kappa shape index (κ1) is 18.4. The van der Waals surface area contributed by atoms with Crippen molar-refractivity contribution >= 4 is 34.8 Å². The van der Waals surface area contributed by atoms with Gasteiger partial charge in [0, 0.05) is 11.8 Å². The number of nitro groups is 1. The summed E-state index contributed by atoms with van der Waals surface area (Å²) >= 11 is 5.74. The van der Waals surface area contributed by atoms with Crippen LogP contribution >= 0.6 is 11.6 Å². The predicted octanol–water partition coefficient (Wildman–Crippen LogP) is 4.20. The van der Waals surface area contributed by atoms with Crippen molar-refractivity contribution in [1.82, 2.24) is 4.98 Å². The Balaban J connectivity index is 0.00000127. The Kier molecular flexibility index (Phi) is 6.95. The topological polar surface area (TPSA) is 94.4 Å². The summed E-state index contributed by atoms with van der Waals surface area (Å²) in [6, 6.07) is 8.83. The number of aromatic nitrogens is 1. The molecule has 0 spiro atoms. The number of methoxy groups -OCH3 is 1. The van der Waals surface area contributed by atoms with Crippen LogP contribution in [0.1, 0.15) is 24.2 Å². The zero-order chi connectivity index (χ0) is 17.4. The number of hydrogen-bond donors (Lipinski definition) is 1. The Morgan fingerprint density at radius 3 is 2.35 bits per heavy atom. The van der Waals surface area contributed by atoms with Crippen molar-refractivity contribution < 1.29 is 14.5 Å². The number of pyridine rings is 1. The van der Waals surface area contributed by atoms with Crippen LogP contribution in [0.4, 0.5) is 17.2 Å². The zero-order valence-corrected chi connectivity index (χ0v) is 13.6. The lowest BCUT2D eigenvalue weighted by atomic mass is 10.2. The standard InChI is InChI=1S/C13H10ClN3O4.C2H6/c1-21-13(18)8-2-4-9(5-3-8)15-12-10(17(19)20)6-7-11(14)16-12;1-2/h2-7H,1H3,(H,15,16);1-2H3. The summed E-state index contributed by atoms with van der Waals surface area (Å²) in [6.45, 7) is 4.00. The number of halogens is 1. The van der Waals surface area contributed by atoms with Crippen molar-refractivity contribution in [1.29, 1.82) is 0 Å². The number of benzene rings is 1. The van der Waals surface area contributed by atoms with Crippen molar-refractivity contribution in [3.63, 3.8) is 0 Å². The second-order valence-electron chi connectivity index (χ2n) is 3.95. The van der Waals surface area contributed by atoms with Crippen molar-refractivity contribution in [2.75, 3.05) is 12.4 Å². The van der Waals surface area contributed by atoms with E-state index in [1.165, 1.54) is 31.4 Å². The van der Waals surface area contributed by atoms with Gasteiger partial charge < -0.3 is 10.1 Å². The Bertz CT molecular complexity index is 690. The third-order valence-corrected chi connectivity index (χ3v) is 2.82. The molecule has 23 heavy (non-hydrogen) atoms. The van der Waals surface area contributed by atoms with Crippen LogP contribution in [0, 0.1) is 10.1 Å². The van der Waals surface area contributed by atoms with Gasteiger partial charge in [-0.05, 0) is 30.3 Å². The first-order chi connectivity index (χ1) is 11.0. The van der Waals surface area contributed by atoms with E-state index < -0.39 is 10.9 Å². The monoisotopic (exact) mass is 337 g/mol. The number of rotatable bonds is 4. The van der Waals surface area contributed by atoms with Crippen molar-refractivity contribution in [3.8, 4) is 0 Å². The minimum Gasteiger partial charge on any atom is -0.465 e. The molecule has 0 aliphatic heterocycles. The molecule has 0 saturated carbocycles. The van der Waals surface area contributed by atoms with E-state index in [2.05, 4.69) is 15.0 Å². The molecule has 1 N–H and O–H groups in total. The second-order valence-corrected chi connectivity index (χ2v) is 4.34. The molecule has 1 aromatic heterocycles. The van der Waals surface area contributed by atoms with Gasteiger partial charge >= 0.3 is 11.7 Å². The first-order valence-corrected chi connectivity index (χ1v) is 7.15. The molecule has 0 aliphatic rings. The minimum absolute atomic E-state index is 0.0262. The van der Waals surface area contributed by atoms with Crippen LogP contribution in [0.2, 0.25) is 5.15 Å². The van der Waals surface area contributed by atoms with Crippen LogP contribution in [0.15, 0.2) is 36.4 Å². The van der Waals surface area contributed by atoms with Crippen LogP contribution in [-0.4, -0.2) is 23.0 Å². The van der Waals surface area contributed by atoms with E-state index in [4.69, 9.17) is 11.6 Å². The molecular weight excluding hydrogens is 322 g/mol. The summed E-state index contributed by atoms with van der Waals surface area (Å²) in [6.07, 6.45) is 0. The third-order valence-electron chi connectivity index (χ3n) is 2.61. The number of hydrogen-bond acceptors (Lipinski definition) is 6. The number of nitrogens with zero attached hydrogens (tertiary/aromatic N) is 2. The highest BCUT2D eigenvalue weighted by Crippen LogP contribution is 2.27. The van der Waals surface area contributed by atoms with E-state index in [1.54, 1.807) is 12.1 Å². The highest BCUT2D eigenvalue weighted by Gasteiger charge is 2.16. The molecule has 0 amide bonds. The molecule has 8 heteroatoms. The Morgan fingerprint density at radius 1 is 1.22 bits per heavy atom. The largest absolute Gasteiger partial charge is 0.465 e. The SMILES string of the molecule is CC.COC(=O)c1ccc(Nc2nc(Cl)ccc2[N+](=O)[O-])cc1.